The molecule has 6 heteroatoms. The van der Waals surface area contributed by atoms with Crippen LogP contribution in [0.5, 0.6) is 0 Å². The van der Waals surface area contributed by atoms with Gasteiger partial charge in [0.05, 0.1) is 5.52 Å². The van der Waals surface area contributed by atoms with Gasteiger partial charge in [-0.3, -0.25) is 9.78 Å². The monoisotopic (exact) mass is 284 g/mol. The molecule has 0 unspecified atom stereocenters. The number of benzene rings is 1. The lowest BCUT2D eigenvalue weighted by Crippen LogP contribution is -2.13. The number of hydrogen-bond donors (Lipinski definition) is 1. The summed E-state index contributed by atoms with van der Waals surface area (Å²) in [5.41, 5.74) is 1.30. The Morgan fingerprint density at radius 2 is 1.95 bits per heavy atom. The molecule has 0 fully saturated rings. The molecular formula is C14H9ClN4O. The van der Waals surface area contributed by atoms with Gasteiger partial charge in [0, 0.05) is 17.1 Å². The highest BCUT2D eigenvalue weighted by molar-refractivity contribution is 6.29. The van der Waals surface area contributed by atoms with E-state index in [1.807, 2.05) is 12.1 Å². The molecule has 98 valence electrons. The number of nitrogens with one attached hydrogen (secondary N) is 1. The van der Waals surface area contributed by atoms with Crippen LogP contribution in [0.15, 0.2) is 48.7 Å². The fourth-order valence-corrected chi connectivity index (χ4v) is 1.97. The highest BCUT2D eigenvalue weighted by atomic mass is 35.5. The number of halogens is 1. The standard InChI is InChI=1S/C14H9ClN4O/c15-12-6-7-13(19-18-12)17-14(20)10-3-1-5-11-9(10)4-2-8-16-11/h1-8H,(H,17,19,20). The van der Waals surface area contributed by atoms with Crippen molar-refractivity contribution in [2.75, 3.05) is 5.32 Å². The Kier molecular flexibility index (Phi) is 3.26. The fraction of sp³-hybridized carbons (Fsp3) is 0. The van der Waals surface area contributed by atoms with Gasteiger partial charge in [0.25, 0.3) is 5.91 Å². The number of pyridine rings is 1. The van der Waals surface area contributed by atoms with Crippen LogP contribution in [0, 0.1) is 0 Å². The van der Waals surface area contributed by atoms with E-state index in [2.05, 4.69) is 20.5 Å². The molecule has 3 aromatic rings. The average Bonchev–Trinajstić information content (AvgIpc) is 2.49. The van der Waals surface area contributed by atoms with Crippen molar-refractivity contribution in [2.45, 2.75) is 0 Å². The Labute approximate surface area is 119 Å². The predicted octanol–water partition coefficient (Wildman–Crippen LogP) is 2.93. The van der Waals surface area contributed by atoms with Gasteiger partial charge in [-0.05, 0) is 30.3 Å². The maximum absolute atomic E-state index is 12.3. The van der Waals surface area contributed by atoms with E-state index in [4.69, 9.17) is 11.6 Å². The van der Waals surface area contributed by atoms with Crippen molar-refractivity contribution in [3.63, 3.8) is 0 Å². The maximum atomic E-state index is 12.3. The Morgan fingerprint density at radius 3 is 2.75 bits per heavy atom. The normalized spacial score (nSPS) is 10.4. The number of amides is 1. The second-order valence-corrected chi connectivity index (χ2v) is 4.46. The van der Waals surface area contributed by atoms with Gasteiger partial charge in [0.15, 0.2) is 11.0 Å². The van der Waals surface area contributed by atoms with E-state index in [-0.39, 0.29) is 11.1 Å². The van der Waals surface area contributed by atoms with E-state index >= 15 is 0 Å². The van der Waals surface area contributed by atoms with Crippen LogP contribution in [0.1, 0.15) is 10.4 Å². The quantitative estimate of drug-likeness (QED) is 0.785. The molecule has 1 N–H and O–H groups in total. The van der Waals surface area contributed by atoms with E-state index < -0.39 is 0 Å². The van der Waals surface area contributed by atoms with Gasteiger partial charge >= 0.3 is 0 Å². The van der Waals surface area contributed by atoms with Crippen LogP contribution < -0.4 is 5.32 Å². The zero-order chi connectivity index (χ0) is 13.9. The van der Waals surface area contributed by atoms with Crippen LogP contribution >= 0.6 is 11.6 Å². The Hall–Kier alpha value is -2.53. The lowest BCUT2D eigenvalue weighted by atomic mass is 10.1. The largest absolute Gasteiger partial charge is 0.305 e. The summed E-state index contributed by atoms with van der Waals surface area (Å²) in [7, 11) is 0. The number of aromatic nitrogens is 3. The number of nitrogens with zero attached hydrogens (tertiary/aromatic N) is 3. The SMILES string of the molecule is O=C(Nc1ccc(Cl)nn1)c1cccc2ncccc12. The van der Waals surface area contributed by atoms with Crippen LogP contribution in [-0.2, 0) is 0 Å². The molecule has 0 saturated heterocycles. The van der Waals surface area contributed by atoms with Gasteiger partial charge in [-0.25, -0.2) is 0 Å². The molecular weight excluding hydrogens is 276 g/mol. The third kappa shape index (κ3) is 2.44. The molecule has 20 heavy (non-hydrogen) atoms. The minimum atomic E-state index is -0.264. The van der Waals surface area contributed by atoms with E-state index in [0.717, 1.165) is 10.9 Å². The van der Waals surface area contributed by atoms with Crippen LogP contribution in [0.4, 0.5) is 5.82 Å². The van der Waals surface area contributed by atoms with Crippen molar-refractivity contribution in [3.05, 3.63) is 59.4 Å². The Balaban J connectivity index is 1.94. The van der Waals surface area contributed by atoms with Crippen molar-refractivity contribution < 1.29 is 4.79 Å². The van der Waals surface area contributed by atoms with Crippen molar-refractivity contribution in [1.29, 1.82) is 0 Å². The minimum absolute atomic E-state index is 0.264. The predicted molar refractivity (Wildman–Crippen MR) is 76.7 cm³/mol. The molecule has 0 atom stereocenters. The van der Waals surface area contributed by atoms with E-state index in [9.17, 15) is 4.79 Å². The van der Waals surface area contributed by atoms with Gasteiger partial charge in [-0.1, -0.05) is 23.7 Å². The second-order valence-electron chi connectivity index (χ2n) is 4.07. The smallest absolute Gasteiger partial charge is 0.257 e. The van der Waals surface area contributed by atoms with E-state index in [0.29, 0.717) is 11.4 Å². The lowest BCUT2D eigenvalue weighted by molar-refractivity contribution is 0.102. The van der Waals surface area contributed by atoms with Gasteiger partial charge in [0.2, 0.25) is 0 Å². The summed E-state index contributed by atoms with van der Waals surface area (Å²) < 4.78 is 0. The zero-order valence-electron chi connectivity index (χ0n) is 10.2. The molecule has 0 bridgehead atoms. The molecule has 0 spiro atoms. The van der Waals surface area contributed by atoms with Crippen LogP contribution in [0.25, 0.3) is 10.9 Å². The molecule has 3 rings (SSSR count). The summed E-state index contributed by atoms with van der Waals surface area (Å²) in [4.78, 5) is 16.5. The van der Waals surface area contributed by atoms with Gasteiger partial charge in [-0.15, -0.1) is 10.2 Å². The van der Waals surface area contributed by atoms with Crippen LogP contribution in [0.3, 0.4) is 0 Å². The molecule has 2 aromatic heterocycles. The highest BCUT2D eigenvalue weighted by Gasteiger charge is 2.11. The van der Waals surface area contributed by atoms with Crippen molar-refractivity contribution in [2.24, 2.45) is 0 Å². The first-order valence-corrected chi connectivity index (χ1v) is 6.26. The molecule has 2 heterocycles. The molecule has 0 radical (unpaired) electrons. The van der Waals surface area contributed by atoms with Crippen LogP contribution in [0.2, 0.25) is 5.15 Å². The number of anilines is 1. The summed E-state index contributed by atoms with van der Waals surface area (Å²) in [6.07, 6.45) is 1.69. The van der Waals surface area contributed by atoms with E-state index in [1.165, 1.54) is 0 Å². The third-order valence-corrected chi connectivity index (χ3v) is 2.97. The molecule has 0 saturated carbocycles. The summed E-state index contributed by atoms with van der Waals surface area (Å²) in [6.45, 7) is 0. The molecule has 0 aliphatic rings. The highest BCUT2D eigenvalue weighted by Crippen LogP contribution is 2.17. The number of hydrogen-bond acceptors (Lipinski definition) is 4. The summed E-state index contributed by atoms with van der Waals surface area (Å²) >= 11 is 5.65. The van der Waals surface area contributed by atoms with Gasteiger partial charge in [-0.2, -0.15) is 0 Å². The second kappa shape index (κ2) is 5.22. The summed E-state index contributed by atoms with van der Waals surface area (Å²) in [5, 5.41) is 11.2. The number of carbonyl (C=O) groups excluding carboxylic acids is 1. The molecule has 0 aliphatic carbocycles. The maximum Gasteiger partial charge on any atom is 0.257 e. The summed E-state index contributed by atoms with van der Waals surface area (Å²) in [6, 6.07) is 12.2. The molecule has 0 aliphatic heterocycles. The van der Waals surface area contributed by atoms with Crippen molar-refractivity contribution >= 4 is 34.2 Å². The number of fused-ring (bicyclic) bond motifs is 1. The average molecular weight is 285 g/mol. The van der Waals surface area contributed by atoms with Gasteiger partial charge < -0.3 is 5.32 Å². The molecule has 1 aromatic carbocycles. The number of carbonyl (C=O) groups is 1. The molecule has 5 nitrogen and oxygen atoms in total. The lowest BCUT2D eigenvalue weighted by Gasteiger charge is -2.06. The summed E-state index contributed by atoms with van der Waals surface area (Å²) in [5.74, 6) is 0.0838. The first-order chi connectivity index (χ1) is 9.74. The Morgan fingerprint density at radius 1 is 1.05 bits per heavy atom. The first-order valence-electron chi connectivity index (χ1n) is 5.88. The topological polar surface area (TPSA) is 67.8 Å². The zero-order valence-corrected chi connectivity index (χ0v) is 11.0. The van der Waals surface area contributed by atoms with Gasteiger partial charge in [0.1, 0.15) is 0 Å². The van der Waals surface area contributed by atoms with Crippen LogP contribution in [-0.4, -0.2) is 21.1 Å². The van der Waals surface area contributed by atoms with Crippen molar-refractivity contribution in [3.8, 4) is 0 Å². The molecule has 1 amide bonds. The first kappa shape index (κ1) is 12.5. The van der Waals surface area contributed by atoms with E-state index in [1.54, 1.807) is 36.5 Å². The van der Waals surface area contributed by atoms with Crippen molar-refractivity contribution in [1.82, 2.24) is 15.2 Å². The minimum Gasteiger partial charge on any atom is -0.305 e. The Bertz CT molecular complexity index is 768. The number of rotatable bonds is 2. The third-order valence-electron chi connectivity index (χ3n) is 2.76. The fourth-order valence-electron chi connectivity index (χ4n) is 1.87.